The van der Waals surface area contributed by atoms with Crippen LogP contribution < -0.4 is 4.90 Å². The lowest BCUT2D eigenvalue weighted by molar-refractivity contribution is 0.396. The number of aromatic nitrogens is 1. The van der Waals surface area contributed by atoms with Crippen molar-refractivity contribution >= 4 is 12.0 Å². The molecule has 18 heavy (non-hydrogen) atoms. The molecule has 1 aromatic heterocycles. The molecule has 0 bridgehead atoms. The van der Waals surface area contributed by atoms with Gasteiger partial charge in [0, 0.05) is 19.0 Å². The summed E-state index contributed by atoms with van der Waals surface area (Å²) < 4.78 is 52.8. The molecule has 0 saturated carbocycles. The van der Waals surface area contributed by atoms with Crippen LogP contribution in [0.3, 0.4) is 0 Å². The summed E-state index contributed by atoms with van der Waals surface area (Å²) in [7, 11) is 0. The maximum Gasteiger partial charge on any atom is 0.253 e. The fourth-order valence-electron chi connectivity index (χ4n) is 1.97. The first kappa shape index (κ1) is 12.8. The number of halogens is 4. The van der Waals surface area contributed by atoms with Gasteiger partial charge in [-0.15, -0.1) is 0 Å². The Bertz CT molecular complexity index is 446. The molecule has 7 heteroatoms. The zero-order valence-electron chi connectivity index (χ0n) is 9.22. The molecule has 0 aromatic carbocycles. The molecule has 1 aliphatic heterocycles. The van der Waals surface area contributed by atoms with Gasteiger partial charge >= 0.3 is 0 Å². The van der Waals surface area contributed by atoms with Crippen LogP contribution in [0.4, 0.5) is 23.2 Å². The van der Waals surface area contributed by atoms with E-state index < -0.39 is 29.2 Å². The fourth-order valence-corrected chi connectivity index (χ4v) is 1.97. The summed E-state index contributed by atoms with van der Waals surface area (Å²) in [6.45, 7) is 0.271. The average molecular weight is 261 g/mol. The molecule has 2 rings (SSSR count). The Labute approximate surface area is 100 Å². The average Bonchev–Trinajstić information content (AvgIpc) is 2.37. The number of pyridine rings is 1. The van der Waals surface area contributed by atoms with Crippen molar-refractivity contribution in [3.05, 3.63) is 23.5 Å². The zero-order chi connectivity index (χ0) is 13.3. The first-order valence-corrected chi connectivity index (χ1v) is 5.37. The standard InChI is InChI=1S/C11H9F4N2O/c12-7-9(8(13)11(15)16-10(7)14)17-3-1-6(5-18)2-4-17/h6H,1-4H2. The van der Waals surface area contributed by atoms with Gasteiger partial charge in [0.2, 0.25) is 17.9 Å². The normalized spacial score (nSPS) is 17.0. The van der Waals surface area contributed by atoms with Crippen LogP contribution in [0.1, 0.15) is 12.8 Å². The molecule has 1 radical (unpaired) electrons. The molecule has 3 nitrogen and oxygen atoms in total. The minimum absolute atomic E-state index is 0.136. The molecular weight excluding hydrogens is 252 g/mol. The number of nitrogens with zero attached hydrogens (tertiary/aromatic N) is 2. The summed E-state index contributed by atoms with van der Waals surface area (Å²) in [5, 5.41) is 0. The van der Waals surface area contributed by atoms with Crippen molar-refractivity contribution in [3.63, 3.8) is 0 Å². The third-order valence-corrected chi connectivity index (χ3v) is 2.95. The van der Waals surface area contributed by atoms with Crippen LogP contribution in [-0.2, 0) is 4.79 Å². The van der Waals surface area contributed by atoms with Crippen LogP contribution in [0.5, 0.6) is 0 Å². The van der Waals surface area contributed by atoms with Crippen LogP contribution in [0.2, 0.25) is 0 Å². The van der Waals surface area contributed by atoms with E-state index in [2.05, 4.69) is 4.98 Å². The second-order valence-electron chi connectivity index (χ2n) is 4.05. The predicted octanol–water partition coefficient (Wildman–Crippen LogP) is 1.96. The van der Waals surface area contributed by atoms with Crippen molar-refractivity contribution in [2.75, 3.05) is 18.0 Å². The van der Waals surface area contributed by atoms with Crippen LogP contribution in [0, 0.1) is 29.4 Å². The van der Waals surface area contributed by atoms with Gasteiger partial charge in [-0.3, -0.25) is 4.79 Å². The van der Waals surface area contributed by atoms with E-state index in [4.69, 9.17) is 0 Å². The Hall–Kier alpha value is -1.66. The van der Waals surface area contributed by atoms with E-state index in [9.17, 15) is 22.4 Å². The molecule has 1 fully saturated rings. The molecule has 1 saturated heterocycles. The van der Waals surface area contributed by atoms with Crippen molar-refractivity contribution in [1.82, 2.24) is 4.98 Å². The van der Waals surface area contributed by atoms with Gasteiger partial charge in [0.25, 0.3) is 11.9 Å². The molecule has 0 spiro atoms. The summed E-state index contributed by atoms with van der Waals surface area (Å²) >= 11 is 0. The third-order valence-electron chi connectivity index (χ3n) is 2.95. The first-order chi connectivity index (χ1) is 8.54. The lowest BCUT2D eigenvalue weighted by atomic mass is 9.98. The van der Waals surface area contributed by atoms with Crippen molar-refractivity contribution in [1.29, 1.82) is 0 Å². The SMILES string of the molecule is O=[C]C1CCN(c2c(F)c(F)nc(F)c2F)CC1. The van der Waals surface area contributed by atoms with E-state index in [0.717, 1.165) is 0 Å². The third kappa shape index (κ3) is 2.16. The number of hydrogen-bond donors (Lipinski definition) is 0. The Kier molecular flexibility index (Phi) is 3.49. The zero-order valence-corrected chi connectivity index (χ0v) is 9.22. The Balaban J connectivity index is 2.31. The van der Waals surface area contributed by atoms with E-state index in [-0.39, 0.29) is 19.0 Å². The monoisotopic (exact) mass is 261 g/mol. The van der Waals surface area contributed by atoms with E-state index in [1.54, 1.807) is 6.29 Å². The molecule has 0 N–H and O–H groups in total. The molecule has 2 heterocycles. The van der Waals surface area contributed by atoms with E-state index in [1.807, 2.05) is 0 Å². The lowest BCUT2D eigenvalue weighted by Crippen LogP contribution is -2.35. The smallest absolute Gasteiger partial charge is 0.253 e. The van der Waals surface area contributed by atoms with Crippen LogP contribution in [0.15, 0.2) is 0 Å². The topological polar surface area (TPSA) is 33.2 Å². The molecule has 0 aliphatic carbocycles. The Morgan fingerprint density at radius 1 is 1.06 bits per heavy atom. The Morgan fingerprint density at radius 3 is 2.00 bits per heavy atom. The molecule has 97 valence electrons. The number of carbonyl (C=O) groups excluding carboxylic acids is 1. The van der Waals surface area contributed by atoms with Crippen molar-refractivity contribution in [3.8, 4) is 0 Å². The first-order valence-electron chi connectivity index (χ1n) is 5.37. The highest BCUT2D eigenvalue weighted by Crippen LogP contribution is 2.29. The second kappa shape index (κ2) is 4.91. The number of rotatable bonds is 2. The van der Waals surface area contributed by atoms with Gasteiger partial charge in [-0.25, -0.2) is 0 Å². The van der Waals surface area contributed by atoms with Gasteiger partial charge < -0.3 is 4.90 Å². The van der Waals surface area contributed by atoms with E-state index in [1.165, 1.54) is 4.90 Å². The summed E-state index contributed by atoms with van der Waals surface area (Å²) in [6.07, 6.45) is 2.49. The van der Waals surface area contributed by atoms with Gasteiger partial charge in [-0.05, 0) is 12.8 Å². The minimum atomic E-state index is -1.67. The predicted molar refractivity (Wildman–Crippen MR) is 54.7 cm³/mol. The maximum atomic E-state index is 13.4. The highest BCUT2D eigenvalue weighted by atomic mass is 19.2. The maximum absolute atomic E-state index is 13.4. The largest absolute Gasteiger partial charge is 0.366 e. The summed E-state index contributed by atoms with van der Waals surface area (Å²) in [4.78, 5) is 14.1. The number of anilines is 1. The van der Waals surface area contributed by atoms with E-state index >= 15 is 0 Å². The molecule has 0 amide bonds. The summed E-state index contributed by atoms with van der Waals surface area (Å²) in [5.74, 6) is -6.67. The molecule has 1 aromatic rings. The van der Waals surface area contributed by atoms with Gasteiger partial charge in [0.1, 0.15) is 5.69 Å². The Morgan fingerprint density at radius 2 is 1.56 bits per heavy atom. The van der Waals surface area contributed by atoms with Crippen molar-refractivity contribution < 1.29 is 22.4 Å². The van der Waals surface area contributed by atoms with Crippen LogP contribution in [0.25, 0.3) is 0 Å². The van der Waals surface area contributed by atoms with Crippen LogP contribution >= 0.6 is 0 Å². The molecule has 0 atom stereocenters. The molecule has 0 unspecified atom stereocenters. The summed E-state index contributed by atoms with van der Waals surface area (Å²) in [5.41, 5.74) is -0.760. The summed E-state index contributed by atoms with van der Waals surface area (Å²) in [6, 6.07) is 0. The van der Waals surface area contributed by atoms with Gasteiger partial charge in [0.05, 0.1) is 0 Å². The van der Waals surface area contributed by atoms with Crippen LogP contribution in [-0.4, -0.2) is 24.4 Å². The highest BCUT2D eigenvalue weighted by molar-refractivity contribution is 5.56. The minimum Gasteiger partial charge on any atom is -0.366 e. The fraction of sp³-hybridized carbons (Fsp3) is 0.455. The highest BCUT2D eigenvalue weighted by Gasteiger charge is 2.28. The van der Waals surface area contributed by atoms with E-state index in [0.29, 0.717) is 12.8 Å². The molecular formula is C11H9F4N2O. The van der Waals surface area contributed by atoms with Gasteiger partial charge in [0.15, 0.2) is 0 Å². The lowest BCUT2D eigenvalue weighted by Gasteiger charge is -2.31. The quantitative estimate of drug-likeness (QED) is 0.602. The number of hydrogen-bond acceptors (Lipinski definition) is 3. The second-order valence-corrected chi connectivity index (χ2v) is 4.05. The van der Waals surface area contributed by atoms with Gasteiger partial charge in [-0.1, -0.05) is 0 Å². The van der Waals surface area contributed by atoms with Crippen molar-refractivity contribution in [2.45, 2.75) is 12.8 Å². The van der Waals surface area contributed by atoms with Crippen molar-refractivity contribution in [2.24, 2.45) is 5.92 Å². The van der Waals surface area contributed by atoms with Gasteiger partial charge in [-0.2, -0.15) is 22.5 Å². The molecule has 1 aliphatic rings. The number of piperidine rings is 1.